The molecule has 1 aromatic heterocycles. The maximum absolute atomic E-state index is 10.7. The van der Waals surface area contributed by atoms with E-state index in [1.54, 1.807) is 12.3 Å². The summed E-state index contributed by atoms with van der Waals surface area (Å²) in [6.07, 6.45) is 1.73. The van der Waals surface area contributed by atoms with E-state index in [1.165, 1.54) is 12.1 Å². The van der Waals surface area contributed by atoms with Crippen molar-refractivity contribution in [2.24, 2.45) is 0 Å². The van der Waals surface area contributed by atoms with Crippen molar-refractivity contribution in [3.63, 3.8) is 0 Å². The van der Waals surface area contributed by atoms with E-state index in [0.717, 1.165) is 15.7 Å². The third kappa shape index (κ3) is 2.67. The average Bonchev–Trinajstić information content (AvgIpc) is 2.73. The number of nitro benzene ring substituents is 1. The van der Waals surface area contributed by atoms with Crippen LogP contribution >= 0.6 is 15.9 Å². The predicted molar refractivity (Wildman–Crippen MR) is 71.4 cm³/mol. The van der Waals surface area contributed by atoms with Gasteiger partial charge in [-0.25, -0.2) is 0 Å². The summed E-state index contributed by atoms with van der Waals surface area (Å²) in [4.78, 5) is 10.3. The number of hydrogen-bond acceptors (Lipinski definition) is 4. The first-order chi connectivity index (χ1) is 8.58. The van der Waals surface area contributed by atoms with Crippen LogP contribution in [0, 0.1) is 17.0 Å². The monoisotopic (exact) mass is 310 g/mol. The Hall–Kier alpha value is -1.89. The van der Waals surface area contributed by atoms with Gasteiger partial charge in [0, 0.05) is 34.4 Å². The zero-order valence-corrected chi connectivity index (χ0v) is 11.2. The Kier molecular flexibility index (Phi) is 3.61. The van der Waals surface area contributed by atoms with Crippen LogP contribution in [0.2, 0.25) is 0 Å². The normalized spacial score (nSPS) is 10.3. The molecule has 0 aliphatic carbocycles. The minimum absolute atomic E-state index is 0.0598. The number of rotatable bonds is 4. The van der Waals surface area contributed by atoms with Gasteiger partial charge in [-0.15, -0.1) is 0 Å². The molecular formula is C11H11BrN4O2. The highest BCUT2D eigenvalue weighted by Crippen LogP contribution is 2.27. The lowest BCUT2D eigenvalue weighted by Crippen LogP contribution is -2.01. The maximum Gasteiger partial charge on any atom is 0.271 e. The number of nitrogens with zero attached hydrogens (tertiary/aromatic N) is 2. The minimum Gasteiger partial charge on any atom is -0.380 e. The van der Waals surface area contributed by atoms with Gasteiger partial charge in [-0.2, -0.15) is 5.10 Å². The second-order valence-electron chi connectivity index (χ2n) is 3.80. The van der Waals surface area contributed by atoms with E-state index >= 15 is 0 Å². The Balaban J connectivity index is 2.16. The van der Waals surface area contributed by atoms with Crippen molar-refractivity contribution in [3.8, 4) is 0 Å². The van der Waals surface area contributed by atoms with E-state index in [-0.39, 0.29) is 5.69 Å². The number of H-pyrrole nitrogens is 1. The summed E-state index contributed by atoms with van der Waals surface area (Å²) in [5.74, 6) is 0. The van der Waals surface area contributed by atoms with Crippen LogP contribution in [0.3, 0.4) is 0 Å². The van der Waals surface area contributed by atoms with Crippen molar-refractivity contribution in [3.05, 3.63) is 50.2 Å². The first-order valence-corrected chi connectivity index (χ1v) is 6.04. The van der Waals surface area contributed by atoms with Crippen molar-refractivity contribution in [2.75, 3.05) is 5.32 Å². The molecule has 0 fully saturated rings. The topological polar surface area (TPSA) is 83.8 Å². The van der Waals surface area contributed by atoms with Crippen LogP contribution < -0.4 is 5.32 Å². The highest BCUT2D eigenvalue weighted by molar-refractivity contribution is 9.10. The quantitative estimate of drug-likeness (QED) is 0.671. The van der Waals surface area contributed by atoms with Crippen LogP contribution in [-0.4, -0.2) is 15.1 Å². The number of aromatic nitrogens is 2. The number of benzene rings is 1. The molecule has 6 nitrogen and oxygen atoms in total. The summed E-state index contributed by atoms with van der Waals surface area (Å²) < 4.78 is 0.786. The Morgan fingerprint density at radius 3 is 2.94 bits per heavy atom. The molecule has 2 N–H and O–H groups in total. The molecule has 18 heavy (non-hydrogen) atoms. The number of nitro groups is 1. The molecule has 0 aliphatic heterocycles. The summed E-state index contributed by atoms with van der Waals surface area (Å²) in [5, 5.41) is 20.6. The van der Waals surface area contributed by atoms with Crippen molar-refractivity contribution < 1.29 is 4.92 Å². The molecular weight excluding hydrogens is 300 g/mol. The SMILES string of the molecule is Cc1[nH]ncc1CNc1cc([N+](=O)[O-])ccc1Br. The van der Waals surface area contributed by atoms with Gasteiger partial charge in [0.15, 0.2) is 0 Å². The molecule has 0 unspecified atom stereocenters. The van der Waals surface area contributed by atoms with Crippen molar-refractivity contribution in [1.29, 1.82) is 0 Å². The molecule has 1 heterocycles. The van der Waals surface area contributed by atoms with Gasteiger partial charge in [-0.1, -0.05) is 0 Å². The van der Waals surface area contributed by atoms with Gasteiger partial charge in [0.25, 0.3) is 5.69 Å². The van der Waals surface area contributed by atoms with E-state index in [4.69, 9.17) is 0 Å². The Morgan fingerprint density at radius 2 is 2.33 bits per heavy atom. The number of non-ortho nitro benzene ring substituents is 1. The molecule has 7 heteroatoms. The van der Waals surface area contributed by atoms with Gasteiger partial charge in [0.2, 0.25) is 0 Å². The lowest BCUT2D eigenvalue weighted by atomic mass is 10.2. The molecule has 2 aromatic rings. The van der Waals surface area contributed by atoms with Crippen LogP contribution in [0.1, 0.15) is 11.3 Å². The Labute approximate surface area is 112 Å². The van der Waals surface area contributed by atoms with Crippen LogP contribution in [-0.2, 0) is 6.54 Å². The zero-order valence-electron chi connectivity index (χ0n) is 9.61. The van der Waals surface area contributed by atoms with E-state index in [9.17, 15) is 10.1 Å². The number of nitrogens with one attached hydrogen (secondary N) is 2. The highest BCUT2D eigenvalue weighted by Gasteiger charge is 2.09. The zero-order chi connectivity index (χ0) is 13.1. The first kappa shape index (κ1) is 12.6. The molecule has 0 bridgehead atoms. The van der Waals surface area contributed by atoms with Crippen LogP contribution in [0.15, 0.2) is 28.9 Å². The molecule has 0 spiro atoms. The Bertz CT molecular complexity index is 582. The number of aryl methyl sites for hydroxylation is 1. The van der Waals surface area contributed by atoms with Crippen molar-refractivity contribution in [2.45, 2.75) is 13.5 Å². The molecule has 0 saturated heterocycles. The molecule has 0 aliphatic rings. The summed E-state index contributed by atoms with van der Waals surface area (Å²) in [6, 6.07) is 4.61. The van der Waals surface area contributed by atoms with Gasteiger partial charge in [0.05, 0.1) is 16.8 Å². The molecule has 2 rings (SSSR count). The van der Waals surface area contributed by atoms with Crippen molar-refractivity contribution in [1.82, 2.24) is 10.2 Å². The smallest absolute Gasteiger partial charge is 0.271 e. The lowest BCUT2D eigenvalue weighted by molar-refractivity contribution is -0.384. The number of anilines is 1. The van der Waals surface area contributed by atoms with E-state index in [0.29, 0.717) is 12.2 Å². The summed E-state index contributed by atoms with van der Waals surface area (Å²) in [5.41, 5.74) is 2.74. The largest absolute Gasteiger partial charge is 0.380 e. The second kappa shape index (κ2) is 5.18. The fourth-order valence-electron chi connectivity index (χ4n) is 1.51. The molecule has 0 saturated carbocycles. The summed E-state index contributed by atoms with van der Waals surface area (Å²) >= 11 is 3.35. The van der Waals surface area contributed by atoms with Gasteiger partial charge in [-0.3, -0.25) is 15.2 Å². The average molecular weight is 311 g/mol. The molecule has 0 amide bonds. The molecule has 94 valence electrons. The third-order valence-corrected chi connectivity index (χ3v) is 3.26. The molecule has 1 aromatic carbocycles. The fraction of sp³-hybridized carbons (Fsp3) is 0.182. The predicted octanol–water partition coefficient (Wildman–Crippen LogP) is 3.00. The van der Waals surface area contributed by atoms with Gasteiger partial charge in [-0.05, 0) is 28.9 Å². The summed E-state index contributed by atoms with van der Waals surface area (Å²) in [7, 11) is 0. The van der Waals surface area contributed by atoms with Gasteiger partial charge >= 0.3 is 0 Å². The molecule has 0 radical (unpaired) electrons. The number of halogens is 1. The van der Waals surface area contributed by atoms with Crippen LogP contribution in [0.5, 0.6) is 0 Å². The summed E-state index contributed by atoms with van der Waals surface area (Å²) in [6.45, 7) is 2.48. The number of aromatic amines is 1. The van der Waals surface area contributed by atoms with E-state index < -0.39 is 4.92 Å². The van der Waals surface area contributed by atoms with Gasteiger partial charge in [0.1, 0.15) is 0 Å². The molecule has 0 atom stereocenters. The lowest BCUT2D eigenvalue weighted by Gasteiger charge is -2.07. The first-order valence-electron chi connectivity index (χ1n) is 5.24. The fourth-order valence-corrected chi connectivity index (χ4v) is 1.89. The maximum atomic E-state index is 10.7. The number of hydrogen-bond donors (Lipinski definition) is 2. The Morgan fingerprint density at radius 1 is 1.56 bits per heavy atom. The van der Waals surface area contributed by atoms with Crippen LogP contribution in [0.4, 0.5) is 11.4 Å². The standard InChI is InChI=1S/C11H11BrN4O2/c1-7-8(6-14-15-7)5-13-11-4-9(16(17)18)2-3-10(11)12/h2-4,6,13H,5H2,1H3,(H,14,15). The van der Waals surface area contributed by atoms with E-state index in [2.05, 4.69) is 31.4 Å². The second-order valence-corrected chi connectivity index (χ2v) is 4.65. The highest BCUT2D eigenvalue weighted by atomic mass is 79.9. The third-order valence-electron chi connectivity index (χ3n) is 2.56. The van der Waals surface area contributed by atoms with Crippen LogP contribution in [0.25, 0.3) is 0 Å². The van der Waals surface area contributed by atoms with E-state index in [1.807, 2.05) is 6.92 Å². The van der Waals surface area contributed by atoms with Crippen molar-refractivity contribution >= 4 is 27.3 Å². The minimum atomic E-state index is -0.416. The van der Waals surface area contributed by atoms with Gasteiger partial charge < -0.3 is 5.32 Å².